The van der Waals surface area contributed by atoms with Gasteiger partial charge in [-0.3, -0.25) is 0 Å². The molecule has 56 heavy (non-hydrogen) atoms. The van der Waals surface area contributed by atoms with Crippen molar-refractivity contribution >= 4 is 17.1 Å². The van der Waals surface area contributed by atoms with Crippen LogP contribution in [0.1, 0.15) is 73.9 Å². The lowest BCUT2D eigenvalue weighted by atomic mass is 9.67. The highest BCUT2D eigenvalue weighted by molar-refractivity contribution is 5.91. The monoisotopic (exact) mass is 720 g/mol. The lowest BCUT2D eigenvalue weighted by molar-refractivity contribution is 0.660. The fourth-order valence-corrected chi connectivity index (χ4v) is 9.83. The van der Waals surface area contributed by atoms with E-state index >= 15 is 0 Å². The second kappa shape index (κ2) is 13.1. The van der Waals surface area contributed by atoms with Crippen molar-refractivity contribution < 1.29 is 1.37 Å². The maximum absolute atomic E-state index is 8.90. The van der Waals surface area contributed by atoms with Crippen molar-refractivity contribution in [1.82, 2.24) is 0 Å². The molecule has 270 valence electrons. The molecule has 0 saturated heterocycles. The van der Waals surface area contributed by atoms with Crippen LogP contribution in [0.2, 0.25) is 0 Å². The van der Waals surface area contributed by atoms with E-state index in [4.69, 9.17) is 1.37 Å². The van der Waals surface area contributed by atoms with E-state index in [2.05, 4.69) is 207 Å². The molecule has 0 amide bonds. The third-order valence-corrected chi connectivity index (χ3v) is 12.4. The van der Waals surface area contributed by atoms with Crippen LogP contribution in [0.5, 0.6) is 0 Å². The third-order valence-electron chi connectivity index (χ3n) is 12.4. The van der Waals surface area contributed by atoms with Gasteiger partial charge in [0.2, 0.25) is 0 Å². The number of nitrogens with zero attached hydrogens (tertiary/aromatic N) is 1. The Morgan fingerprint density at radius 2 is 0.893 bits per heavy atom. The molecular formula is C55H45N. The standard InChI is InChI=1S/C55H45N/c1-37(2)44-21-11-12-22-45(44)38-27-29-41(30-28-38)56(42-32-34-51-49(35-42)47-24-13-15-25-50(47)54(51,3)4)43-31-33-48-46-23-14-16-26-52(46)55(53(48)36-43,39-17-7-5-8-18-39)40-19-9-6-10-20-40/h5-37H,1-4H3/i37D. The highest BCUT2D eigenvalue weighted by Crippen LogP contribution is 2.58. The molecule has 8 aromatic rings. The first-order valence-corrected chi connectivity index (χ1v) is 19.8. The van der Waals surface area contributed by atoms with Gasteiger partial charge in [0, 0.05) is 23.8 Å². The minimum absolute atomic E-state index is 0.0831. The van der Waals surface area contributed by atoms with Crippen LogP contribution in [0.4, 0.5) is 17.1 Å². The van der Waals surface area contributed by atoms with E-state index in [9.17, 15) is 0 Å². The van der Waals surface area contributed by atoms with Crippen LogP contribution in [0.25, 0.3) is 33.4 Å². The number of anilines is 3. The molecule has 10 rings (SSSR count). The Morgan fingerprint density at radius 1 is 0.411 bits per heavy atom. The first kappa shape index (κ1) is 32.9. The Balaban J connectivity index is 1.21. The van der Waals surface area contributed by atoms with Gasteiger partial charge in [-0.15, -0.1) is 0 Å². The van der Waals surface area contributed by atoms with E-state index in [1.54, 1.807) is 0 Å². The first-order valence-electron chi connectivity index (χ1n) is 20.3. The molecule has 1 heteroatoms. The number of fused-ring (bicyclic) bond motifs is 6. The van der Waals surface area contributed by atoms with Gasteiger partial charge in [0.25, 0.3) is 0 Å². The average Bonchev–Trinajstić information content (AvgIpc) is 3.67. The highest BCUT2D eigenvalue weighted by Gasteiger charge is 2.46. The van der Waals surface area contributed by atoms with E-state index < -0.39 is 11.3 Å². The van der Waals surface area contributed by atoms with E-state index in [-0.39, 0.29) is 5.41 Å². The summed E-state index contributed by atoms with van der Waals surface area (Å²) in [6.07, 6.45) is 0. The first-order chi connectivity index (χ1) is 27.7. The van der Waals surface area contributed by atoms with Crippen LogP contribution >= 0.6 is 0 Å². The third kappa shape index (κ3) is 5.07. The van der Waals surface area contributed by atoms with Crippen molar-refractivity contribution in [2.45, 2.75) is 44.4 Å². The van der Waals surface area contributed by atoms with Crippen LogP contribution < -0.4 is 4.90 Å². The van der Waals surface area contributed by atoms with Crippen molar-refractivity contribution in [3.05, 3.63) is 233 Å². The zero-order valence-electron chi connectivity index (χ0n) is 33.4. The fraction of sp³-hybridized carbons (Fsp3) is 0.127. The molecule has 2 aliphatic carbocycles. The van der Waals surface area contributed by atoms with Crippen molar-refractivity contribution in [3.63, 3.8) is 0 Å². The SMILES string of the molecule is [2H]C(C)(C)c1ccccc1-c1ccc(N(c2ccc3c(c2)-c2ccccc2C3(C)C)c2ccc3c(c2)C(c2ccccc2)(c2ccccc2)c2ccccc2-3)cc1. The molecule has 0 unspecified atom stereocenters. The van der Waals surface area contributed by atoms with Crippen molar-refractivity contribution in [2.75, 3.05) is 4.90 Å². The molecule has 0 saturated carbocycles. The summed E-state index contributed by atoms with van der Waals surface area (Å²) in [6.45, 7) is 8.61. The predicted octanol–water partition coefficient (Wildman–Crippen LogP) is 14.6. The normalized spacial score (nSPS) is 14.6. The smallest absolute Gasteiger partial charge is 0.0714 e. The minimum atomic E-state index is -0.720. The zero-order valence-corrected chi connectivity index (χ0v) is 32.4. The van der Waals surface area contributed by atoms with E-state index in [1.807, 2.05) is 19.9 Å². The average molecular weight is 721 g/mol. The molecule has 0 fully saturated rings. The van der Waals surface area contributed by atoms with Gasteiger partial charge in [0.15, 0.2) is 0 Å². The Morgan fingerprint density at radius 3 is 1.55 bits per heavy atom. The molecule has 0 spiro atoms. The van der Waals surface area contributed by atoms with Crippen molar-refractivity contribution in [3.8, 4) is 33.4 Å². The molecule has 0 aromatic heterocycles. The minimum Gasteiger partial charge on any atom is -0.310 e. The van der Waals surface area contributed by atoms with Crippen LogP contribution in [-0.2, 0) is 10.8 Å². The quantitative estimate of drug-likeness (QED) is 0.158. The summed E-state index contributed by atoms with van der Waals surface area (Å²) in [5.41, 5.74) is 18.9. The van der Waals surface area contributed by atoms with Gasteiger partial charge in [0.05, 0.1) is 5.41 Å². The maximum Gasteiger partial charge on any atom is 0.0714 e. The van der Waals surface area contributed by atoms with Crippen molar-refractivity contribution in [1.29, 1.82) is 0 Å². The molecule has 0 aliphatic heterocycles. The molecule has 2 aliphatic rings. The largest absolute Gasteiger partial charge is 0.310 e. The van der Waals surface area contributed by atoms with Gasteiger partial charge < -0.3 is 4.90 Å². The van der Waals surface area contributed by atoms with Gasteiger partial charge in [-0.05, 0) is 115 Å². The van der Waals surface area contributed by atoms with E-state index in [0.717, 1.165) is 33.8 Å². The molecule has 0 heterocycles. The van der Waals surface area contributed by atoms with Crippen LogP contribution in [0, 0.1) is 0 Å². The number of benzene rings is 8. The maximum atomic E-state index is 8.90. The second-order valence-corrected chi connectivity index (χ2v) is 16.1. The Bertz CT molecular complexity index is 2750. The fourth-order valence-electron chi connectivity index (χ4n) is 9.83. The molecule has 0 bridgehead atoms. The summed E-state index contributed by atoms with van der Waals surface area (Å²) in [5.74, 6) is -0.720. The highest BCUT2D eigenvalue weighted by atomic mass is 15.1. The number of hydrogen-bond acceptors (Lipinski definition) is 1. The Labute approximate surface area is 333 Å². The molecule has 0 radical (unpaired) electrons. The molecule has 0 atom stereocenters. The summed E-state index contributed by atoms with van der Waals surface area (Å²) < 4.78 is 8.90. The number of rotatable bonds is 7. The topological polar surface area (TPSA) is 3.24 Å². The van der Waals surface area contributed by atoms with Crippen molar-refractivity contribution in [2.24, 2.45) is 0 Å². The van der Waals surface area contributed by atoms with E-state index in [0.29, 0.717) is 0 Å². The summed E-state index contributed by atoms with van der Waals surface area (Å²) in [6, 6.07) is 71.3. The Kier molecular flexibility index (Phi) is 7.71. The van der Waals surface area contributed by atoms with Gasteiger partial charge in [0.1, 0.15) is 0 Å². The summed E-state index contributed by atoms with van der Waals surface area (Å²) >= 11 is 0. The lowest BCUT2D eigenvalue weighted by Gasteiger charge is -2.35. The molecule has 1 nitrogen and oxygen atoms in total. The molecule has 8 aromatic carbocycles. The number of hydrogen-bond donors (Lipinski definition) is 0. The van der Waals surface area contributed by atoms with Gasteiger partial charge in [-0.1, -0.05) is 185 Å². The van der Waals surface area contributed by atoms with Gasteiger partial charge in [-0.2, -0.15) is 0 Å². The summed E-state index contributed by atoms with van der Waals surface area (Å²) in [4.78, 5) is 2.43. The van der Waals surface area contributed by atoms with Crippen LogP contribution in [0.3, 0.4) is 0 Å². The van der Waals surface area contributed by atoms with E-state index in [1.165, 1.54) is 55.6 Å². The summed E-state index contributed by atoms with van der Waals surface area (Å²) in [5, 5.41) is 0. The summed E-state index contributed by atoms with van der Waals surface area (Å²) in [7, 11) is 0. The lowest BCUT2D eigenvalue weighted by Crippen LogP contribution is -2.28. The Hall–Kier alpha value is -6.44. The van der Waals surface area contributed by atoms with Crippen LogP contribution in [0.15, 0.2) is 194 Å². The molecular weight excluding hydrogens is 675 g/mol. The van der Waals surface area contributed by atoms with Crippen LogP contribution in [-0.4, -0.2) is 0 Å². The zero-order chi connectivity index (χ0) is 38.9. The van der Waals surface area contributed by atoms with Gasteiger partial charge >= 0.3 is 0 Å². The predicted molar refractivity (Wildman–Crippen MR) is 236 cm³/mol. The van der Waals surface area contributed by atoms with Gasteiger partial charge in [-0.25, -0.2) is 0 Å². The molecule has 0 N–H and O–H groups in total. The second-order valence-electron chi connectivity index (χ2n) is 16.1.